The van der Waals surface area contributed by atoms with Crippen molar-refractivity contribution in [3.8, 4) is 0 Å². The topological polar surface area (TPSA) is 18.5 Å². The zero-order valence-electron chi connectivity index (χ0n) is 11.9. The molecule has 3 aliphatic heterocycles. The molecule has 0 aromatic heterocycles. The van der Waals surface area contributed by atoms with Gasteiger partial charge in [-0.15, -0.1) is 0 Å². The molecule has 3 saturated heterocycles. The van der Waals surface area contributed by atoms with Gasteiger partial charge in [-0.3, -0.25) is 9.80 Å². The molecule has 3 heteroatoms. The highest BCUT2D eigenvalue weighted by Gasteiger charge is 2.33. The minimum absolute atomic E-state index is 0.779. The number of hydrogen-bond acceptors (Lipinski definition) is 3. The monoisotopic (exact) mass is 251 g/mol. The largest absolute Gasteiger partial charge is 0.316 e. The van der Waals surface area contributed by atoms with Gasteiger partial charge in [0.2, 0.25) is 0 Å². The van der Waals surface area contributed by atoms with Gasteiger partial charge in [0, 0.05) is 25.2 Å². The molecule has 3 unspecified atom stereocenters. The van der Waals surface area contributed by atoms with Crippen LogP contribution in [0.25, 0.3) is 0 Å². The SMILES string of the molecule is CC1CN2CCCC2CN1CCCC1CCNC1. The van der Waals surface area contributed by atoms with E-state index in [-0.39, 0.29) is 0 Å². The first-order valence-electron chi connectivity index (χ1n) is 8.02. The van der Waals surface area contributed by atoms with E-state index in [0.29, 0.717) is 0 Å². The summed E-state index contributed by atoms with van der Waals surface area (Å²) >= 11 is 0. The van der Waals surface area contributed by atoms with E-state index in [4.69, 9.17) is 0 Å². The predicted molar refractivity (Wildman–Crippen MR) is 75.8 cm³/mol. The molecule has 3 aliphatic rings. The van der Waals surface area contributed by atoms with E-state index in [0.717, 1.165) is 18.0 Å². The van der Waals surface area contributed by atoms with Crippen molar-refractivity contribution >= 4 is 0 Å². The van der Waals surface area contributed by atoms with Gasteiger partial charge in [0.25, 0.3) is 0 Å². The Morgan fingerprint density at radius 3 is 3.00 bits per heavy atom. The molecule has 3 rings (SSSR count). The molecule has 3 atom stereocenters. The van der Waals surface area contributed by atoms with E-state index in [1.807, 2.05) is 0 Å². The van der Waals surface area contributed by atoms with Crippen LogP contribution in [0.3, 0.4) is 0 Å². The van der Waals surface area contributed by atoms with Gasteiger partial charge >= 0.3 is 0 Å². The normalized spacial score (nSPS) is 38.2. The molecule has 18 heavy (non-hydrogen) atoms. The quantitative estimate of drug-likeness (QED) is 0.818. The first-order valence-corrected chi connectivity index (χ1v) is 8.02. The summed E-state index contributed by atoms with van der Waals surface area (Å²) in [5.41, 5.74) is 0. The van der Waals surface area contributed by atoms with Crippen LogP contribution in [0.2, 0.25) is 0 Å². The molecule has 0 aromatic rings. The summed E-state index contributed by atoms with van der Waals surface area (Å²) in [7, 11) is 0. The Balaban J connectivity index is 1.41. The molecule has 3 nitrogen and oxygen atoms in total. The third-order valence-corrected chi connectivity index (χ3v) is 5.29. The fraction of sp³-hybridized carbons (Fsp3) is 1.00. The van der Waals surface area contributed by atoms with Gasteiger partial charge in [0.15, 0.2) is 0 Å². The first kappa shape index (κ1) is 12.9. The maximum atomic E-state index is 3.48. The molecule has 0 radical (unpaired) electrons. The summed E-state index contributed by atoms with van der Waals surface area (Å²) in [5, 5.41) is 3.48. The van der Waals surface area contributed by atoms with Crippen LogP contribution in [0, 0.1) is 5.92 Å². The maximum absolute atomic E-state index is 3.48. The molecule has 0 aliphatic carbocycles. The second-order valence-electron chi connectivity index (χ2n) is 6.64. The van der Waals surface area contributed by atoms with Gasteiger partial charge in [-0.2, -0.15) is 0 Å². The van der Waals surface area contributed by atoms with E-state index in [1.165, 1.54) is 71.4 Å². The van der Waals surface area contributed by atoms with Crippen LogP contribution in [0.1, 0.15) is 39.0 Å². The number of rotatable bonds is 4. The van der Waals surface area contributed by atoms with Gasteiger partial charge in [-0.05, 0) is 71.1 Å². The average molecular weight is 251 g/mol. The van der Waals surface area contributed by atoms with Gasteiger partial charge < -0.3 is 5.32 Å². The van der Waals surface area contributed by atoms with Crippen LogP contribution in [0.4, 0.5) is 0 Å². The minimum Gasteiger partial charge on any atom is -0.316 e. The van der Waals surface area contributed by atoms with Crippen molar-refractivity contribution in [2.24, 2.45) is 5.92 Å². The first-order chi connectivity index (χ1) is 8.83. The van der Waals surface area contributed by atoms with Crippen molar-refractivity contribution in [3.63, 3.8) is 0 Å². The van der Waals surface area contributed by atoms with Crippen LogP contribution < -0.4 is 5.32 Å². The molecule has 104 valence electrons. The van der Waals surface area contributed by atoms with Crippen molar-refractivity contribution in [1.82, 2.24) is 15.1 Å². The highest BCUT2D eigenvalue weighted by Crippen LogP contribution is 2.25. The van der Waals surface area contributed by atoms with Crippen LogP contribution in [0.5, 0.6) is 0 Å². The summed E-state index contributed by atoms with van der Waals surface area (Å²) in [5.74, 6) is 0.966. The van der Waals surface area contributed by atoms with E-state index < -0.39 is 0 Å². The lowest BCUT2D eigenvalue weighted by atomic mass is 10.0. The number of nitrogens with zero attached hydrogens (tertiary/aromatic N) is 2. The Morgan fingerprint density at radius 2 is 2.17 bits per heavy atom. The molecule has 1 N–H and O–H groups in total. The molecule has 0 amide bonds. The summed E-state index contributed by atoms with van der Waals surface area (Å²) in [6.07, 6.45) is 7.12. The van der Waals surface area contributed by atoms with Gasteiger partial charge in [-0.25, -0.2) is 0 Å². The average Bonchev–Trinajstić information content (AvgIpc) is 3.00. The number of piperazine rings is 1. The third kappa shape index (κ3) is 2.89. The van der Waals surface area contributed by atoms with Crippen LogP contribution >= 0.6 is 0 Å². The van der Waals surface area contributed by atoms with Crippen molar-refractivity contribution in [3.05, 3.63) is 0 Å². The van der Waals surface area contributed by atoms with Crippen LogP contribution in [-0.4, -0.2) is 61.2 Å². The van der Waals surface area contributed by atoms with Crippen molar-refractivity contribution < 1.29 is 0 Å². The van der Waals surface area contributed by atoms with E-state index >= 15 is 0 Å². The molecule has 0 saturated carbocycles. The molecule has 3 fully saturated rings. The lowest BCUT2D eigenvalue weighted by Crippen LogP contribution is -2.55. The summed E-state index contributed by atoms with van der Waals surface area (Å²) < 4.78 is 0. The van der Waals surface area contributed by atoms with Gasteiger partial charge in [-0.1, -0.05) is 0 Å². The van der Waals surface area contributed by atoms with Crippen LogP contribution in [0.15, 0.2) is 0 Å². The highest BCUT2D eigenvalue weighted by atomic mass is 15.3. The molecule has 3 heterocycles. The van der Waals surface area contributed by atoms with Gasteiger partial charge in [0.05, 0.1) is 0 Å². The molecule has 0 bridgehead atoms. The zero-order chi connectivity index (χ0) is 12.4. The lowest BCUT2D eigenvalue weighted by molar-refractivity contribution is 0.0577. The standard InChI is InChI=1S/C15H29N3/c1-13-11-18-9-3-5-15(18)12-17(13)8-2-4-14-6-7-16-10-14/h13-16H,2-12H2,1H3. The lowest BCUT2D eigenvalue weighted by Gasteiger charge is -2.42. The fourth-order valence-corrected chi connectivity index (χ4v) is 4.10. The van der Waals surface area contributed by atoms with Crippen molar-refractivity contribution in [1.29, 1.82) is 0 Å². The zero-order valence-corrected chi connectivity index (χ0v) is 11.9. The second kappa shape index (κ2) is 5.89. The highest BCUT2D eigenvalue weighted by molar-refractivity contribution is 4.90. The fourth-order valence-electron chi connectivity index (χ4n) is 4.10. The van der Waals surface area contributed by atoms with E-state index in [9.17, 15) is 0 Å². The van der Waals surface area contributed by atoms with Gasteiger partial charge in [0.1, 0.15) is 0 Å². The Labute approximate surface area is 112 Å². The molecule has 0 spiro atoms. The summed E-state index contributed by atoms with van der Waals surface area (Å²) in [4.78, 5) is 5.48. The summed E-state index contributed by atoms with van der Waals surface area (Å²) in [6, 6.07) is 1.66. The number of hydrogen-bond donors (Lipinski definition) is 1. The Bertz CT molecular complexity index is 262. The number of fused-ring (bicyclic) bond motifs is 1. The Kier molecular flexibility index (Phi) is 4.22. The van der Waals surface area contributed by atoms with Crippen LogP contribution in [-0.2, 0) is 0 Å². The molecular weight excluding hydrogens is 222 g/mol. The summed E-state index contributed by atoms with van der Waals surface area (Å²) in [6.45, 7) is 10.3. The Hall–Kier alpha value is -0.120. The minimum atomic E-state index is 0.779. The van der Waals surface area contributed by atoms with Crippen molar-refractivity contribution in [2.45, 2.75) is 51.1 Å². The smallest absolute Gasteiger partial charge is 0.0224 e. The predicted octanol–water partition coefficient (Wildman–Crippen LogP) is 1.54. The van der Waals surface area contributed by atoms with Crippen molar-refractivity contribution in [2.75, 3.05) is 39.3 Å². The van der Waals surface area contributed by atoms with E-state index in [1.54, 1.807) is 0 Å². The second-order valence-corrected chi connectivity index (χ2v) is 6.64. The molecular formula is C15H29N3. The molecule has 0 aromatic carbocycles. The maximum Gasteiger partial charge on any atom is 0.0224 e. The number of nitrogens with one attached hydrogen (secondary N) is 1. The third-order valence-electron chi connectivity index (χ3n) is 5.29. The Morgan fingerprint density at radius 1 is 1.22 bits per heavy atom. The van der Waals surface area contributed by atoms with E-state index in [2.05, 4.69) is 22.0 Å².